The van der Waals surface area contributed by atoms with E-state index in [9.17, 15) is 11.8 Å². The van der Waals surface area contributed by atoms with Gasteiger partial charge in [0.25, 0.3) is 0 Å². The lowest BCUT2D eigenvalue weighted by atomic mass is 9.86. The molecular weight excluding hydrogens is 1020 g/mol. The fourth-order valence-electron chi connectivity index (χ4n) is 13.4. The molecule has 0 saturated heterocycles. The fourth-order valence-corrected chi connectivity index (χ4v) is 15.9. The molecule has 0 fully saturated rings. The van der Waals surface area contributed by atoms with Gasteiger partial charge in [0.2, 0.25) is 5.69 Å². The first-order valence-corrected chi connectivity index (χ1v) is 28.5. The van der Waals surface area contributed by atoms with Gasteiger partial charge in [0, 0.05) is 85.2 Å². The monoisotopic (exact) mass is 1060 g/mol. The topological polar surface area (TPSA) is 64.3 Å². The Morgan fingerprint density at radius 1 is 0.425 bits per heavy atom. The Morgan fingerprint density at radius 3 is 1.35 bits per heavy atom. The number of rotatable bonds is 4. The molecule has 11 aromatic carbocycles. The number of thiophene rings is 2. The molecule has 0 radical (unpaired) electrons. The first kappa shape index (κ1) is 45.1. The zero-order valence-electron chi connectivity index (χ0n) is 43.7. The Morgan fingerprint density at radius 2 is 0.850 bits per heavy atom. The quantitative estimate of drug-likeness (QED) is 0.165. The predicted octanol–water partition coefficient (Wildman–Crippen LogP) is 21.4. The molecule has 0 unspecified atom stereocenters. The molecule has 0 N–H and O–H groups in total. The molecule has 374 valence electrons. The summed E-state index contributed by atoms with van der Waals surface area (Å²) in [6, 6.07) is 67.3. The van der Waals surface area contributed by atoms with E-state index in [4.69, 9.17) is 13.7 Å². The molecule has 8 heteroatoms. The third-order valence-electron chi connectivity index (χ3n) is 17.2. The smallest absolute Gasteiger partial charge is 0.220 e. The second-order valence-electron chi connectivity index (χ2n) is 21.4. The highest BCUT2D eigenvalue weighted by atomic mass is 32.1. The number of hydrogen-bond acceptors (Lipinski definition) is 5. The Labute approximate surface area is 465 Å². The van der Waals surface area contributed by atoms with Gasteiger partial charge in [-0.3, -0.25) is 0 Å². The lowest BCUT2D eigenvalue weighted by Gasteiger charge is -2.26. The predicted molar refractivity (Wildman–Crippen MR) is 336 cm³/mol. The van der Waals surface area contributed by atoms with E-state index in [0.29, 0.717) is 39.4 Å². The van der Waals surface area contributed by atoms with Gasteiger partial charge in [0.1, 0.15) is 28.4 Å². The SMILES string of the molecule is [C-]#[N+]c1c(-c2cccc3oc4ccccc4c23)c(C#N)c(-n2c3cc(C)c(C)cc3c3ccc4c5ccccc5sc4c32)c(-c2cccc3oc4ccccc4c23)c1-n1c2cc(C)c(C)cc2c2ccc3c4ccccc4sc3c21. The number of nitriles is 1. The van der Waals surface area contributed by atoms with E-state index in [2.05, 4.69) is 176 Å². The van der Waals surface area contributed by atoms with Crippen LogP contribution in [0.5, 0.6) is 0 Å². The minimum absolute atomic E-state index is 0.359. The summed E-state index contributed by atoms with van der Waals surface area (Å²) in [4.78, 5) is 4.85. The average Bonchev–Trinajstić information content (AvgIpc) is 4.54. The van der Waals surface area contributed by atoms with Gasteiger partial charge in [-0.15, -0.1) is 22.7 Å². The molecule has 0 spiro atoms. The van der Waals surface area contributed by atoms with Crippen LogP contribution in [0.2, 0.25) is 0 Å². The third kappa shape index (κ3) is 5.88. The van der Waals surface area contributed by atoms with Crippen molar-refractivity contribution in [3.63, 3.8) is 0 Å². The standard InChI is InChI=1S/C72H42N4O2S2/c1-37-32-51-43-28-30-45-41-16-8-12-26-60(41)79-71(45)68(43)75(54(51)34-39(37)3)67-53(36-73)64(49-20-14-24-58-62(49)47-18-6-10-22-56(47)77-58)66(74-5)70(65(67)50-21-15-25-59-63(50)48-19-7-11-23-57(48)78-59)76-55-35-40(4)38(2)33-52(55)44-29-31-46-42-17-9-13-27-61(42)80-72(46)69(44)76/h6-35H,1-4H3. The summed E-state index contributed by atoms with van der Waals surface area (Å²) in [7, 11) is 0. The van der Waals surface area contributed by atoms with Gasteiger partial charge in [-0.25, -0.2) is 4.85 Å². The summed E-state index contributed by atoms with van der Waals surface area (Å²) in [5.74, 6) is 0. The van der Waals surface area contributed by atoms with Crippen molar-refractivity contribution < 1.29 is 8.83 Å². The van der Waals surface area contributed by atoms with Crippen molar-refractivity contribution in [3.8, 4) is 39.7 Å². The van der Waals surface area contributed by atoms with Crippen molar-refractivity contribution in [2.24, 2.45) is 0 Å². The molecule has 0 saturated carbocycles. The Balaban J connectivity index is 1.22. The van der Waals surface area contributed by atoms with Crippen LogP contribution in [0.3, 0.4) is 0 Å². The van der Waals surface area contributed by atoms with Gasteiger partial charge < -0.3 is 18.0 Å². The van der Waals surface area contributed by atoms with Crippen molar-refractivity contribution in [1.29, 1.82) is 5.26 Å². The van der Waals surface area contributed by atoms with Crippen LogP contribution in [0.1, 0.15) is 27.8 Å². The molecule has 17 aromatic rings. The maximum Gasteiger partial charge on any atom is 0.220 e. The lowest BCUT2D eigenvalue weighted by Crippen LogP contribution is -2.09. The number of nitrogens with zero attached hydrogens (tertiary/aromatic N) is 4. The molecular formula is C72H42N4O2S2. The summed E-state index contributed by atoms with van der Waals surface area (Å²) in [6.45, 7) is 18.7. The maximum absolute atomic E-state index is 12.7. The normalized spacial score (nSPS) is 12.2. The van der Waals surface area contributed by atoms with Gasteiger partial charge >= 0.3 is 0 Å². The minimum atomic E-state index is 0.359. The van der Waals surface area contributed by atoms with E-state index < -0.39 is 0 Å². The van der Waals surface area contributed by atoms with Crippen molar-refractivity contribution in [2.45, 2.75) is 27.7 Å². The van der Waals surface area contributed by atoms with Crippen LogP contribution in [0.15, 0.2) is 191 Å². The van der Waals surface area contributed by atoms with Crippen LogP contribution < -0.4 is 0 Å². The van der Waals surface area contributed by atoms with E-state index in [1.165, 1.54) is 31.3 Å². The van der Waals surface area contributed by atoms with Gasteiger partial charge in [-0.05, 0) is 122 Å². The molecule has 6 heterocycles. The van der Waals surface area contributed by atoms with Crippen LogP contribution in [0, 0.1) is 45.6 Å². The molecule has 0 aliphatic rings. The molecule has 0 aliphatic heterocycles. The highest BCUT2D eigenvalue weighted by molar-refractivity contribution is 7.27. The Hall–Kier alpha value is -9.96. The number of hydrogen-bond donors (Lipinski definition) is 0. The highest BCUT2D eigenvalue weighted by Gasteiger charge is 2.35. The molecule has 0 atom stereocenters. The maximum atomic E-state index is 12.7. The zero-order chi connectivity index (χ0) is 53.4. The van der Waals surface area contributed by atoms with Gasteiger partial charge in [0.05, 0.1) is 55.0 Å². The van der Waals surface area contributed by atoms with E-state index in [1.807, 2.05) is 48.5 Å². The average molecular weight is 1060 g/mol. The number of fused-ring (bicyclic) bond motifs is 20. The van der Waals surface area contributed by atoms with Crippen LogP contribution in [0.25, 0.3) is 166 Å². The highest BCUT2D eigenvalue weighted by Crippen LogP contribution is 2.57. The van der Waals surface area contributed by atoms with Crippen LogP contribution in [-0.2, 0) is 0 Å². The summed E-state index contributed by atoms with van der Waals surface area (Å²) in [5.41, 5.74) is 16.4. The Kier molecular flexibility index (Phi) is 9.19. The number of para-hydroxylation sites is 2. The first-order chi connectivity index (χ1) is 39.3. The Bertz CT molecular complexity index is 5520. The summed E-state index contributed by atoms with van der Waals surface area (Å²) >= 11 is 3.57. The van der Waals surface area contributed by atoms with Crippen LogP contribution >= 0.6 is 22.7 Å². The summed E-state index contributed by atoms with van der Waals surface area (Å²) in [5, 5.41) is 25.3. The van der Waals surface area contributed by atoms with E-state index in [0.717, 1.165) is 124 Å². The minimum Gasteiger partial charge on any atom is -0.456 e. The fraction of sp³-hybridized carbons (Fsp3) is 0.0556. The number of benzene rings is 11. The van der Waals surface area contributed by atoms with Gasteiger partial charge in [-0.1, -0.05) is 121 Å². The molecule has 80 heavy (non-hydrogen) atoms. The number of aryl methyl sites for hydroxylation is 4. The first-order valence-electron chi connectivity index (χ1n) is 26.8. The van der Waals surface area contributed by atoms with Crippen LogP contribution in [-0.4, -0.2) is 9.13 Å². The van der Waals surface area contributed by atoms with Crippen molar-refractivity contribution in [2.75, 3.05) is 0 Å². The molecule has 6 aromatic heterocycles. The molecule has 0 amide bonds. The van der Waals surface area contributed by atoms with Gasteiger partial charge in [-0.2, -0.15) is 5.26 Å². The molecule has 0 bridgehead atoms. The van der Waals surface area contributed by atoms with E-state index in [1.54, 1.807) is 22.7 Å². The zero-order valence-corrected chi connectivity index (χ0v) is 45.4. The summed E-state index contributed by atoms with van der Waals surface area (Å²) in [6.07, 6.45) is 0. The largest absolute Gasteiger partial charge is 0.456 e. The third-order valence-corrected chi connectivity index (χ3v) is 19.6. The number of furan rings is 2. The van der Waals surface area contributed by atoms with Crippen LogP contribution in [0.4, 0.5) is 5.69 Å². The summed E-state index contributed by atoms with van der Waals surface area (Å²) < 4.78 is 23.0. The second-order valence-corrected chi connectivity index (χ2v) is 23.5. The lowest BCUT2D eigenvalue weighted by molar-refractivity contribution is 0.668. The van der Waals surface area contributed by atoms with E-state index in [-0.39, 0.29) is 0 Å². The van der Waals surface area contributed by atoms with Crippen molar-refractivity contribution >= 4 is 156 Å². The molecule has 6 nitrogen and oxygen atoms in total. The molecule has 17 rings (SSSR count). The van der Waals surface area contributed by atoms with Crippen molar-refractivity contribution in [1.82, 2.24) is 9.13 Å². The molecule has 0 aliphatic carbocycles. The number of aromatic nitrogens is 2. The van der Waals surface area contributed by atoms with Gasteiger partial charge in [0.15, 0.2) is 0 Å². The second kappa shape index (κ2) is 16.3. The van der Waals surface area contributed by atoms with Crippen molar-refractivity contribution in [3.05, 3.63) is 221 Å². The van der Waals surface area contributed by atoms with E-state index >= 15 is 0 Å².